The van der Waals surface area contributed by atoms with E-state index in [0.717, 1.165) is 6.42 Å². The average molecular weight is 246 g/mol. The zero-order valence-electron chi connectivity index (χ0n) is 10.3. The predicted octanol–water partition coefficient (Wildman–Crippen LogP) is 1.32. The Morgan fingerprint density at radius 3 is 2.83 bits per heavy atom. The number of carbonyl (C=O) groups excluding carboxylic acids is 1. The summed E-state index contributed by atoms with van der Waals surface area (Å²) in [4.78, 5) is 20.2. The van der Waals surface area contributed by atoms with Crippen LogP contribution in [0.2, 0.25) is 0 Å². The van der Waals surface area contributed by atoms with Crippen LogP contribution in [-0.2, 0) is 6.54 Å². The molecule has 0 radical (unpaired) electrons. The van der Waals surface area contributed by atoms with Crippen molar-refractivity contribution in [1.82, 2.24) is 19.7 Å². The van der Waals surface area contributed by atoms with Gasteiger partial charge >= 0.3 is 0 Å². The minimum absolute atomic E-state index is 0.231. The fraction of sp³-hybridized carbons (Fsp3) is 0.333. The Kier molecular flexibility index (Phi) is 3.66. The summed E-state index contributed by atoms with van der Waals surface area (Å²) in [5, 5.41) is 4.15. The van der Waals surface area contributed by atoms with E-state index in [-0.39, 0.29) is 11.5 Å². The van der Waals surface area contributed by atoms with Crippen LogP contribution < -0.4 is 4.74 Å². The highest BCUT2D eigenvalue weighted by molar-refractivity contribution is 6.08. The monoisotopic (exact) mass is 246 g/mol. The third-order valence-electron chi connectivity index (χ3n) is 2.47. The van der Waals surface area contributed by atoms with Crippen molar-refractivity contribution in [3.8, 4) is 5.75 Å². The highest BCUT2D eigenvalue weighted by Crippen LogP contribution is 2.20. The molecule has 0 aliphatic carbocycles. The second kappa shape index (κ2) is 5.39. The average Bonchev–Trinajstić information content (AvgIpc) is 2.82. The van der Waals surface area contributed by atoms with Gasteiger partial charge in [0.15, 0.2) is 11.4 Å². The first kappa shape index (κ1) is 12.2. The molecule has 0 aromatic carbocycles. The van der Waals surface area contributed by atoms with Gasteiger partial charge < -0.3 is 4.74 Å². The number of methoxy groups -OCH3 is 1. The summed E-state index contributed by atoms with van der Waals surface area (Å²) < 4.78 is 6.80. The van der Waals surface area contributed by atoms with E-state index in [9.17, 15) is 4.79 Å². The number of aryl methyl sites for hydroxylation is 1. The van der Waals surface area contributed by atoms with Crippen LogP contribution in [0.25, 0.3) is 0 Å². The first-order valence-corrected chi connectivity index (χ1v) is 5.68. The molecule has 6 nitrogen and oxygen atoms in total. The van der Waals surface area contributed by atoms with E-state index in [1.807, 2.05) is 6.92 Å². The zero-order valence-corrected chi connectivity index (χ0v) is 10.3. The molecule has 0 spiro atoms. The standard InChI is InChI=1S/C12H14N4O2/c1-3-6-16-11(10(18-2)8-15-16)12(17)9-7-13-4-5-14-9/h4-5,7-8H,3,6H2,1-2H3. The van der Waals surface area contributed by atoms with Gasteiger partial charge in [0.1, 0.15) is 5.69 Å². The van der Waals surface area contributed by atoms with Crippen molar-refractivity contribution >= 4 is 5.78 Å². The Labute approximate surface area is 105 Å². The van der Waals surface area contributed by atoms with E-state index in [1.165, 1.54) is 25.7 Å². The fourth-order valence-electron chi connectivity index (χ4n) is 1.67. The maximum Gasteiger partial charge on any atom is 0.234 e. The van der Waals surface area contributed by atoms with Gasteiger partial charge in [-0.3, -0.25) is 14.5 Å². The number of carbonyl (C=O) groups is 1. The fourth-order valence-corrected chi connectivity index (χ4v) is 1.67. The molecule has 0 N–H and O–H groups in total. The van der Waals surface area contributed by atoms with Crippen molar-refractivity contribution in [3.05, 3.63) is 36.2 Å². The third-order valence-corrected chi connectivity index (χ3v) is 2.47. The van der Waals surface area contributed by atoms with Gasteiger partial charge in [0, 0.05) is 18.9 Å². The Bertz CT molecular complexity index is 536. The molecule has 18 heavy (non-hydrogen) atoms. The van der Waals surface area contributed by atoms with Crippen molar-refractivity contribution < 1.29 is 9.53 Å². The number of hydrogen-bond acceptors (Lipinski definition) is 5. The molecule has 2 heterocycles. The van der Waals surface area contributed by atoms with Gasteiger partial charge in [-0.2, -0.15) is 5.10 Å². The van der Waals surface area contributed by atoms with Crippen LogP contribution in [0.4, 0.5) is 0 Å². The van der Waals surface area contributed by atoms with Crippen molar-refractivity contribution in [1.29, 1.82) is 0 Å². The second-order valence-corrected chi connectivity index (χ2v) is 3.70. The zero-order chi connectivity index (χ0) is 13.0. The molecule has 0 unspecified atom stereocenters. The topological polar surface area (TPSA) is 69.9 Å². The van der Waals surface area contributed by atoms with Gasteiger partial charge in [-0.25, -0.2) is 4.98 Å². The summed E-state index contributed by atoms with van der Waals surface area (Å²) in [6, 6.07) is 0. The van der Waals surface area contributed by atoms with E-state index in [2.05, 4.69) is 15.1 Å². The minimum atomic E-state index is -0.231. The van der Waals surface area contributed by atoms with Gasteiger partial charge in [0.05, 0.1) is 19.5 Å². The van der Waals surface area contributed by atoms with Crippen molar-refractivity contribution in [3.63, 3.8) is 0 Å². The van der Waals surface area contributed by atoms with E-state index in [1.54, 1.807) is 10.9 Å². The lowest BCUT2D eigenvalue weighted by molar-refractivity contribution is 0.102. The Morgan fingerprint density at radius 2 is 2.22 bits per heavy atom. The van der Waals surface area contributed by atoms with E-state index < -0.39 is 0 Å². The summed E-state index contributed by atoms with van der Waals surface area (Å²) in [5.74, 6) is 0.227. The highest BCUT2D eigenvalue weighted by atomic mass is 16.5. The van der Waals surface area contributed by atoms with Crippen molar-refractivity contribution in [2.24, 2.45) is 0 Å². The molecule has 0 aliphatic heterocycles. The van der Waals surface area contributed by atoms with Crippen LogP contribution in [0.3, 0.4) is 0 Å². The summed E-state index contributed by atoms with van der Waals surface area (Å²) in [7, 11) is 1.51. The van der Waals surface area contributed by atoms with Crippen LogP contribution in [0.5, 0.6) is 5.75 Å². The molecular formula is C12H14N4O2. The minimum Gasteiger partial charge on any atom is -0.493 e. The summed E-state index contributed by atoms with van der Waals surface area (Å²) in [5.41, 5.74) is 0.702. The quantitative estimate of drug-likeness (QED) is 0.744. The van der Waals surface area contributed by atoms with Gasteiger partial charge in [0.25, 0.3) is 0 Å². The van der Waals surface area contributed by atoms with E-state index in [4.69, 9.17) is 4.74 Å². The normalized spacial score (nSPS) is 10.3. The van der Waals surface area contributed by atoms with Crippen molar-refractivity contribution in [2.45, 2.75) is 19.9 Å². The molecule has 2 aromatic rings. The van der Waals surface area contributed by atoms with Gasteiger partial charge in [-0.05, 0) is 6.42 Å². The summed E-state index contributed by atoms with van der Waals surface area (Å²) in [6.07, 6.45) is 6.87. The van der Waals surface area contributed by atoms with Crippen LogP contribution in [0.15, 0.2) is 24.8 Å². The highest BCUT2D eigenvalue weighted by Gasteiger charge is 2.21. The smallest absolute Gasteiger partial charge is 0.234 e. The Morgan fingerprint density at radius 1 is 1.39 bits per heavy atom. The molecule has 0 amide bonds. The largest absolute Gasteiger partial charge is 0.493 e. The van der Waals surface area contributed by atoms with Crippen LogP contribution in [0.1, 0.15) is 29.5 Å². The Balaban J connectivity index is 2.43. The Hall–Kier alpha value is -2.24. The molecule has 0 atom stereocenters. The SMILES string of the molecule is CCCn1ncc(OC)c1C(=O)c1cnccn1. The lowest BCUT2D eigenvalue weighted by Crippen LogP contribution is -2.13. The lowest BCUT2D eigenvalue weighted by atomic mass is 10.2. The number of hydrogen-bond donors (Lipinski definition) is 0. The molecule has 0 saturated carbocycles. The molecule has 6 heteroatoms. The molecule has 0 aliphatic rings. The first-order valence-electron chi connectivity index (χ1n) is 5.68. The number of aromatic nitrogens is 4. The van der Waals surface area contributed by atoms with Crippen LogP contribution in [0, 0.1) is 0 Å². The molecule has 0 saturated heterocycles. The molecule has 0 fully saturated rings. The lowest BCUT2D eigenvalue weighted by Gasteiger charge is -2.06. The second-order valence-electron chi connectivity index (χ2n) is 3.70. The molecule has 2 aromatic heterocycles. The number of nitrogens with zero attached hydrogens (tertiary/aromatic N) is 4. The van der Waals surface area contributed by atoms with Gasteiger partial charge in [-0.1, -0.05) is 6.92 Å². The third kappa shape index (κ3) is 2.22. The predicted molar refractivity (Wildman–Crippen MR) is 64.5 cm³/mol. The number of rotatable bonds is 5. The van der Waals surface area contributed by atoms with Gasteiger partial charge in [-0.15, -0.1) is 0 Å². The molecule has 2 rings (SSSR count). The number of ketones is 1. The number of ether oxygens (including phenoxy) is 1. The van der Waals surface area contributed by atoms with E-state index in [0.29, 0.717) is 18.0 Å². The van der Waals surface area contributed by atoms with Crippen LogP contribution >= 0.6 is 0 Å². The first-order chi connectivity index (χ1) is 8.77. The van der Waals surface area contributed by atoms with Crippen LogP contribution in [-0.4, -0.2) is 32.6 Å². The molecule has 94 valence electrons. The van der Waals surface area contributed by atoms with Gasteiger partial charge in [0.2, 0.25) is 5.78 Å². The molecular weight excluding hydrogens is 232 g/mol. The maximum absolute atomic E-state index is 12.3. The summed E-state index contributed by atoms with van der Waals surface area (Å²) in [6.45, 7) is 2.68. The maximum atomic E-state index is 12.3. The molecule has 0 bridgehead atoms. The summed E-state index contributed by atoms with van der Waals surface area (Å²) >= 11 is 0. The van der Waals surface area contributed by atoms with Crippen molar-refractivity contribution in [2.75, 3.05) is 7.11 Å². The van der Waals surface area contributed by atoms with E-state index >= 15 is 0 Å².